The number of hydrogen-bond acceptors (Lipinski definition) is 0. The zero-order valence-corrected chi connectivity index (χ0v) is 36.0. The third-order valence-electron chi connectivity index (χ3n) is 12.0. The molecule has 8 rings (SSSR count). The summed E-state index contributed by atoms with van der Waals surface area (Å²) < 4.78 is 35.0. The summed E-state index contributed by atoms with van der Waals surface area (Å²) in [4.78, 5) is 0. The van der Waals surface area contributed by atoms with Gasteiger partial charge in [0, 0.05) is 33.2 Å². The van der Waals surface area contributed by atoms with Crippen LogP contribution >= 0.6 is 0 Å². The Bertz CT molecular complexity index is 2740. The average molecular weight is 759 g/mol. The molecule has 0 atom stereocenters. The van der Waals surface area contributed by atoms with E-state index < -0.39 is 11.6 Å². The number of halogens is 2. The fourth-order valence-electron chi connectivity index (χ4n) is 8.58. The first-order chi connectivity index (χ1) is 26.5. The summed E-state index contributed by atoms with van der Waals surface area (Å²) in [5, 5.41) is 4.74. The second-order valence-corrected chi connectivity index (χ2v) is 20.4. The second kappa shape index (κ2) is 12.9. The van der Waals surface area contributed by atoms with Crippen molar-refractivity contribution in [3.63, 3.8) is 0 Å². The minimum Gasteiger partial charge on any atom is -0.309 e. The second-order valence-electron chi connectivity index (χ2n) is 20.4. The van der Waals surface area contributed by atoms with E-state index in [1.54, 1.807) is 0 Å². The molecule has 0 amide bonds. The van der Waals surface area contributed by atoms with Gasteiger partial charge in [0.2, 0.25) is 0 Å². The summed E-state index contributed by atoms with van der Waals surface area (Å²) in [6.45, 7) is 29.2. The predicted octanol–water partition coefficient (Wildman–Crippen LogP) is 15.3. The van der Waals surface area contributed by atoms with E-state index in [4.69, 9.17) is 0 Å². The summed E-state index contributed by atoms with van der Waals surface area (Å²) in [5.74, 6) is -1.20. The van der Waals surface area contributed by atoms with Crippen LogP contribution in [0.25, 0.3) is 66.1 Å². The van der Waals surface area contributed by atoms with E-state index in [1.807, 2.05) is 0 Å². The lowest BCUT2D eigenvalue weighted by Crippen LogP contribution is -2.11. The van der Waals surface area contributed by atoms with E-state index in [2.05, 4.69) is 184 Å². The molecule has 8 aromatic rings. The van der Waals surface area contributed by atoms with E-state index in [1.165, 1.54) is 45.2 Å². The van der Waals surface area contributed by atoms with Crippen molar-refractivity contribution in [1.29, 1.82) is 0 Å². The summed E-state index contributed by atoms with van der Waals surface area (Å²) in [7, 11) is 0. The fourth-order valence-corrected chi connectivity index (χ4v) is 8.58. The standard InChI is InChI=1S/C53H56F2N2/c1-31-44(56-45-19-14-33(50(2,3)4)26-40(45)41-27-34(51(5,6)7)15-20-46(41)56)23-18-39(32-24-37(54)30-38(55)25-32)49(31)57-47-21-16-35(52(8,9)10)28-42(47)43-29-36(53(11,12)13)17-22-48(43)57/h14-30H,1-13H3. The number of fused-ring (bicyclic) bond motifs is 6. The normalized spacial score (nSPS) is 13.2. The SMILES string of the molecule is Cc1c(-n2c3ccc(C(C)(C)C)cc3c3cc(C(C)(C)C)ccc32)ccc(-c2cc(F)cc(F)c2)c1-n1c2ccc(C(C)(C)C)cc2c2cc(C(C)(C)C)ccc21. The molecule has 292 valence electrons. The van der Waals surface area contributed by atoms with Crippen LogP contribution in [0.4, 0.5) is 8.78 Å². The van der Waals surface area contributed by atoms with Crippen molar-refractivity contribution in [3.8, 4) is 22.5 Å². The van der Waals surface area contributed by atoms with Crippen molar-refractivity contribution in [2.45, 2.75) is 112 Å². The van der Waals surface area contributed by atoms with Crippen LogP contribution in [0.1, 0.15) is 111 Å². The van der Waals surface area contributed by atoms with Gasteiger partial charge in [-0.25, -0.2) is 8.78 Å². The summed E-state index contributed by atoms with van der Waals surface area (Å²) in [6, 6.07) is 35.4. The molecule has 4 heteroatoms. The van der Waals surface area contributed by atoms with Crippen LogP contribution in [-0.4, -0.2) is 9.13 Å². The molecule has 0 aliphatic carbocycles. The van der Waals surface area contributed by atoms with Gasteiger partial charge in [-0.1, -0.05) is 113 Å². The third kappa shape index (κ3) is 6.55. The Morgan fingerprint density at radius 2 is 0.719 bits per heavy atom. The molecule has 6 aromatic carbocycles. The van der Waals surface area contributed by atoms with Gasteiger partial charge in [0.05, 0.1) is 33.4 Å². The Morgan fingerprint density at radius 1 is 0.386 bits per heavy atom. The molecule has 0 aliphatic heterocycles. The number of aromatic nitrogens is 2. The molecule has 2 nitrogen and oxygen atoms in total. The van der Waals surface area contributed by atoms with Gasteiger partial charge in [-0.15, -0.1) is 0 Å². The van der Waals surface area contributed by atoms with Crippen molar-refractivity contribution in [1.82, 2.24) is 9.13 Å². The molecular weight excluding hydrogens is 703 g/mol. The first-order valence-corrected chi connectivity index (χ1v) is 20.3. The number of nitrogens with zero attached hydrogens (tertiary/aromatic N) is 2. The van der Waals surface area contributed by atoms with Gasteiger partial charge in [0.1, 0.15) is 11.6 Å². The zero-order valence-electron chi connectivity index (χ0n) is 36.0. The molecule has 57 heavy (non-hydrogen) atoms. The van der Waals surface area contributed by atoms with E-state index in [0.717, 1.165) is 61.4 Å². The molecule has 0 spiro atoms. The molecule has 0 fully saturated rings. The van der Waals surface area contributed by atoms with Crippen LogP contribution in [0.5, 0.6) is 0 Å². The van der Waals surface area contributed by atoms with Crippen LogP contribution in [0.3, 0.4) is 0 Å². The van der Waals surface area contributed by atoms with Gasteiger partial charge in [0.15, 0.2) is 0 Å². The number of rotatable bonds is 3. The highest BCUT2D eigenvalue weighted by Gasteiger charge is 2.26. The largest absolute Gasteiger partial charge is 0.309 e. The Morgan fingerprint density at radius 3 is 1.05 bits per heavy atom. The van der Waals surface area contributed by atoms with Crippen molar-refractivity contribution >= 4 is 43.6 Å². The first-order valence-electron chi connectivity index (χ1n) is 20.3. The molecule has 0 aliphatic rings. The lowest BCUT2D eigenvalue weighted by molar-refractivity contribution is 0.584. The Kier molecular flexibility index (Phi) is 8.74. The monoisotopic (exact) mass is 758 g/mol. The van der Waals surface area contributed by atoms with Crippen molar-refractivity contribution in [2.24, 2.45) is 0 Å². The molecule has 0 N–H and O–H groups in total. The molecule has 2 aromatic heterocycles. The van der Waals surface area contributed by atoms with Crippen molar-refractivity contribution in [2.75, 3.05) is 0 Å². The topological polar surface area (TPSA) is 9.86 Å². The maximum Gasteiger partial charge on any atom is 0.126 e. The molecule has 0 radical (unpaired) electrons. The Labute approximate surface area is 337 Å². The quantitative estimate of drug-likeness (QED) is 0.170. The van der Waals surface area contributed by atoms with E-state index in [-0.39, 0.29) is 21.7 Å². The minimum atomic E-state index is -0.601. The molecule has 0 unspecified atom stereocenters. The lowest BCUT2D eigenvalue weighted by atomic mass is 9.85. The average Bonchev–Trinajstić information content (AvgIpc) is 3.61. The van der Waals surface area contributed by atoms with Gasteiger partial charge in [-0.05, 0) is 129 Å². The molecule has 0 saturated carbocycles. The maximum absolute atomic E-state index is 15.1. The van der Waals surface area contributed by atoms with Gasteiger partial charge in [-0.3, -0.25) is 0 Å². The van der Waals surface area contributed by atoms with E-state index >= 15 is 8.78 Å². The zero-order chi connectivity index (χ0) is 41.1. The van der Waals surface area contributed by atoms with Crippen LogP contribution < -0.4 is 0 Å². The highest BCUT2D eigenvalue weighted by atomic mass is 19.1. The lowest BCUT2D eigenvalue weighted by Gasteiger charge is -2.23. The first kappa shape index (κ1) is 38.6. The highest BCUT2D eigenvalue weighted by molar-refractivity contribution is 6.12. The fraction of sp³-hybridized carbons (Fsp3) is 0.321. The van der Waals surface area contributed by atoms with Crippen LogP contribution in [-0.2, 0) is 21.7 Å². The number of benzene rings is 6. The summed E-state index contributed by atoms with van der Waals surface area (Å²) >= 11 is 0. The van der Waals surface area contributed by atoms with Gasteiger partial charge in [0.25, 0.3) is 0 Å². The molecular formula is C53H56F2N2. The van der Waals surface area contributed by atoms with Gasteiger partial charge < -0.3 is 9.13 Å². The van der Waals surface area contributed by atoms with Crippen LogP contribution in [0.15, 0.2) is 103 Å². The van der Waals surface area contributed by atoms with Crippen molar-refractivity contribution < 1.29 is 8.78 Å². The Hall–Kier alpha value is -5.22. The van der Waals surface area contributed by atoms with E-state index in [9.17, 15) is 0 Å². The summed E-state index contributed by atoms with van der Waals surface area (Å²) in [6.07, 6.45) is 0. The number of hydrogen-bond donors (Lipinski definition) is 0. The molecule has 2 heterocycles. The van der Waals surface area contributed by atoms with Crippen LogP contribution in [0.2, 0.25) is 0 Å². The van der Waals surface area contributed by atoms with Gasteiger partial charge in [-0.2, -0.15) is 0 Å². The minimum absolute atomic E-state index is 0.0224. The van der Waals surface area contributed by atoms with Gasteiger partial charge >= 0.3 is 0 Å². The van der Waals surface area contributed by atoms with Crippen molar-refractivity contribution in [3.05, 3.63) is 143 Å². The third-order valence-corrected chi connectivity index (χ3v) is 12.0. The van der Waals surface area contributed by atoms with Crippen LogP contribution in [0, 0.1) is 18.6 Å². The molecule has 0 saturated heterocycles. The predicted molar refractivity (Wildman–Crippen MR) is 240 cm³/mol. The molecule has 0 bridgehead atoms. The smallest absolute Gasteiger partial charge is 0.126 e. The maximum atomic E-state index is 15.1. The Balaban J connectivity index is 1.53. The summed E-state index contributed by atoms with van der Waals surface area (Å²) in [5.41, 5.74) is 13.4. The highest BCUT2D eigenvalue weighted by Crippen LogP contribution is 2.44. The van der Waals surface area contributed by atoms with E-state index in [0.29, 0.717) is 5.56 Å².